The molecule has 0 bridgehead atoms. The van der Waals surface area contributed by atoms with Crippen molar-refractivity contribution in [3.8, 4) is 21.8 Å². The number of anilines is 1. The fraction of sp³-hybridized carbons (Fsp3) is 0.278. The summed E-state index contributed by atoms with van der Waals surface area (Å²) < 4.78 is 0. The second-order valence-electron chi connectivity index (χ2n) is 5.97. The van der Waals surface area contributed by atoms with E-state index >= 15 is 0 Å². The van der Waals surface area contributed by atoms with Crippen LogP contribution in [-0.4, -0.2) is 34.1 Å². The van der Waals surface area contributed by atoms with Gasteiger partial charge in [-0.3, -0.25) is 0 Å². The van der Waals surface area contributed by atoms with Crippen LogP contribution >= 0.6 is 22.9 Å². The summed E-state index contributed by atoms with van der Waals surface area (Å²) in [6.45, 7) is 2.12. The Kier molecular flexibility index (Phi) is 4.92. The van der Waals surface area contributed by atoms with Crippen molar-refractivity contribution in [3.05, 3.63) is 47.9 Å². The average Bonchev–Trinajstić information content (AvgIpc) is 3.12. The van der Waals surface area contributed by atoms with Gasteiger partial charge < -0.3 is 10.6 Å². The van der Waals surface area contributed by atoms with Gasteiger partial charge in [0.2, 0.25) is 0 Å². The van der Waals surface area contributed by atoms with Crippen molar-refractivity contribution in [2.75, 3.05) is 18.4 Å². The van der Waals surface area contributed by atoms with Crippen molar-refractivity contribution in [2.24, 2.45) is 0 Å². The molecule has 3 aromatic rings. The Morgan fingerprint density at radius 2 is 1.88 bits per heavy atom. The number of aromatic nitrogens is 3. The molecule has 3 heterocycles. The molecule has 7 heteroatoms. The molecule has 4 rings (SSSR count). The van der Waals surface area contributed by atoms with Crippen molar-refractivity contribution in [1.29, 1.82) is 0 Å². The fourth-order valence-corrected chi connectivity index (χ4v) is 4.00. The maximum absolute atomic E-state index is 6.28. The van der Waals surface area contributed by atoms with Crippen LogP contribution in [0.5, 0.6) is 0 Å². The van der Waals surface area contributed by atoms with Crippen molar-refractivity contribution >= 4 is 28.1 Å². The molecule has 1 aromatic carbocycles. The molecule has 0 aliphatic carbocycles. The summed E-state index contributed by atoms with van der Waals surface area (Å²) in [5.41, 5.74) is 2.59. The number of piperidine rings is 1. The molecular weight excluding hydrogens is 354 g/mol. The zero-order valence-corrected chi connectivity index (χ0v) is 15.1. The average molecular weight is 372 g/mol. The van der Waals surface area contributed by atoms with E-state index in [-0.39, 0.29) is 0 Å². The number of hydrogen-bond donors (Lipinski definition) is 2. The highest BCUT2D eigenvalue weighted by atomic mass is 35.5. The second kappa shape index (κ2) is 7.47. The molecule has 0 atom stereocenters. The minimum absolute atomic E-state index is 0.490. The molecule has 0 amide bonds. The highest BCUT2D eigenvalue weighted by Gasteiger charge is 2.15. The topological polar surface area (TPSA) is 62.7 Å². The predicted octanol–water partition coefficient (Wildman–Crippen LogP) is 4.08. The predicted molar refractivity (Wildman–Crippen MR) is 103 cm³/mol. The van der Waals surface area contributed by atoms with Crippen molar-refractivity contribution < 1.29 is 0 Å². The third kappa shape index (κ3) is 3.81. The Hall–Kier alpha value is -2.02. The van der Waals surface area contributed by atoms with Crippen LogP contribution in [0.3, 0.4) is 0 Å². The lowest BCUT2D eigenvalue weighted by molar-refractivity contribution is 0.479. The number of benzene rings is 1. The number of nitrogens with zero attached hydrogens (tertiary/aromatic N) is 3. The van der Waals surface area contributed by atoms with Crippen molar-refractivity contribution in [2.45, 2.75) is 18.9 Å². The van der Waals surface area contributed by atoms with E-state index in [1.807, 2.05) is 36.5 Å². The first-order valence-electron chi connectivity index (χ1n) is 8.30. The van der Waals surface area contributed by atoms with Gasteiger partial charge in [0.05, 0.1) is 16.3 Å². The lowest BCUT2D eigenvalue weighted by Crippen LogP contribution is -2.35. The summed E-state index contributed by atoms with van der Waals surface area (Å²) in [5.74, 6) is 0. The summed E-state index contributed by atoms with van der Waals surface area (Å²) in [7, 11) is 0. The molecule has 1 saturated heterocycles. The van der Waals surface area contributed by atoms with Gasteiger partial charge in [0.1, 0.15) is 6.33 Å². The zero-order chi connectivity index (χ0) is 17.1. The molecule has 1 aliphatic rings. The molecule has 0 spiro atoms. The van der Waals surface area contributed by atoms with E-state index in [1.54, 1.807) is 17.7 Å². The fourth-order valence-electron chi connectivity index (χ4n) is 2.91. The van der Waals surface area contributed by atoms with E-state index in [0.717, 1.165) is 52.9 Å². The monoisotopic (exact) mass is 371 g/mol. The van der Waals surface area contributed by atoms with Crippen LogP contribution in [0.4, 0.5) is 5.13 Å². The third-order valence-electron chi connectivity index (χ3n) is 4.24. The number of halogens is 1. The number of thiazole rings is 1. The third-order valence-corrected chi connectivity index (χ3v) is 5.52. The van der Waals surface area contributed by atoms with Gasteiger partial charge in [-0.25, -0.2) is 15.0 Å². The van der Waals surface area contributed by atoms with Gasteiger partial charge in [-0.2, -0.15) is 0 Å². The summed E-state index contributed by atoms with van der Waals surface area (Å²) in [6.07, 6.45) is 5.69. The van der Waals surface area contributed by atoms with Crippen molar-refractivity contribution in [3.63, 3.8) is 0 Å². The summed E-state index contributed by atoms with van der Waals surface area (Å²) in [4.78, 5) is 14.3. The maximum Gasteiger partial charge on any atom is 0.183 e. The van der Waals surface area contributed by atoms with Gasteiger partial charge in [0.15, 0.2) is 5.13 Å². The Bertz CT molecular complexity index is 860. The van der Waals surface area contributed by atoms with E-state index in [9.17, 15) is 0 Å². The molecule has 0 saturated carbocycles. The zero-order valence-electron chi connectivity index (χ0n) is 13.6. The van der Waals surface area contributed by atoms with Gasteiger partial charge in [-0.1, -0.05) is 41.1 Å². The highest BCUT2D eigenvalue weighted by molar-refractivity contribution is 7.18. The summed E-state index contributed by atoms with van der Waals surface area (Å²) >= 11 is 7.91. The molecule has 0 radical (unpaired) electrons. The van der Waals surface area contributed by atoms with Gasteiger partial charge in [-0.15, -0.1) is 0 Å². The van der Waals surface area contributed by atoms with Crippen LogP contribution in [0.1, 0.15) is 12.8 Å². The van der Waals surface area contributed by atoms with E-state index in [1.165, 1.54) is 0 Å². The van der Waals surface area contributed by atoms with Crippen LogP contribution in [0.2, 0.25) is 5.02 Å². The van der Waals surface area contributed by atoms with Gasteiger partial charge in [-0.05, 0) is 38.1 Å². The first kappa shape index (κ1) is 16.4. The molecular formula is C18H18ClN5S. The van der Waals surface area contributed by atoms with Crippen molar-refractivity contribution in [1.82, 2.24) is 20.3 Å². The Balaban J connectivity index is 1.56. The second-order valence-corrected chi connectivity index (χ2v) is 7.40. The van der Waals surface area contributed by atoms with E-state index < -0.39 is 0 Å². The van der Waals surface area contributed by atoms with Crippen LogP contribution in [0.25, 0.3) is 21.8 Å². The summed E-state index contributed by atoms with van der Waals surface area (Å²) in [6, 6.07) is 10.2. The standard InChI is InChI=1S/C18H18ClN5S/c19-14-4-2-1-3-13(14)15-9-16(23-11-22-15)17-10-21-18(25-17)24-12-5-7-20-8-6-12/h1-4,9-12,20H,5-8H2,(H,21,24). The molecule has 2 N–H and O–H groups in total. The van der Waals surface area contributed by atoms with Crippen LogP contribution < -0.4 is 10.6 Å². The Morgan fingerprint density at radius 1 is 1.08 bits per heavy atom. The number of hydrogen-bond acceptors (Lipinski definition) is 6. The Morgan fingerprint density at radius 3 is 2.72 bits per heavy atom. The number of rotatable bonds is 4. The molecule has 1 aliphatic heterocycles. The van der Waals surface area contributed by atoms with Crippen LogP contribution in [0.15, 0.2) is 42.9 Å². The van der Waals surface area contributed by atoms with Gasteiger partial charge in [0, 0.05) is 22.8 Å². The van der Waals surface area contributed by atoms with E-state index in [4.69, 9.17) is 11.6 Å². The van der Waals surface area contributed by atoms with Gasteiger partial charge in [0.25, 0.3) is 0 Å². The number of nitrogens with one attached hydrogen (secondary N) is 2. The quantitative estimate of drug-likeness (QED) is 0.723. The van der Waals surface area contributed by atoms with E-state index in [0.29, 0.717) is 11.1 Å². The first-order valence-corrected chi connectivity index (χ1v) is 9.49. The molecule has 128 valence electrons. The SMILES string of the molecule is Clc1ccccc1-c1cc(-c2cnc(NC3CCNCC3)s2)ncn1. The smallest absolute Gasteiger partial charge is 0.183 e. The first-order chi connectivity index (χ1) is 12.3. The molecule has 2 aromatic heterocycles. The molecule has 25 heavy (non-hydrogen) atoms. The molecule has 5 nitrogen and oxygen atoms in total. The van der Waals surface area contributed by atoms with E-state index in [2.05, 4.69) is 25.6 Å². The normalized spacial score (nSPS) is 15.2. The Labute approximate surface area is 155 Å². The summed E-state index contributed by atoms with van der Waals surface area (Å²) in [5, 5.41) is 8.53. The minimum atomic E-state index is 0.490. The molecule has 1 fully saturated rings. The largest absolute Gasteiger partial charge is 0.359 e. The molecule has 0 unspecified atom stereocenters. The van der Waals surface area contributed by atoms with Crippen LogP contribution in [0, 0.1) is 0 Å². The maximum atomic E-state index is 6.28. The van der Waals surface area contributed by atoms with Gasteiger partial charge >= 0.3 is 0 Å². The lowest BCUT2D eigenvalue weighted by Gasteiger charge is -2.23. The highest BCUT2D eigenvalue weighted by Crippen LogP contribution is 2.32. The lowest BCUT2D eigenvalue weighted by atomic mass is 10.1. The van der Waals surface area contributed by atoms with Crippen LogP contribution in [-0.2, 0) is 0 Å². The minimum Gasteiger partial charge on any atom is -0.359 e.